The largest absolute Gasteiger partial charge is 0.259 e. The Labute approximate surface area is 102 Å². The number of aryl methyl sites for hydroxylation is 1. The molecule has 1 heterocycles. The molecule has 0 fully saturated rings. The standard InChI is InChI=1S/C12H13NOS2/c1-9-3-5-10(6-4-9)12-13-11(7-15-12)8-16(2)14/h3-7H,8H2,1-2H3/t16-/m0/s1. The minimum atomic E-state index is -0.819. The Morgan fingerprint density at radius 2 is 2.00 bits per heavy atom. The monoisotopic (exact) mass is 251 g/mol. The van der Waals surface area contributed by atoms with Crippen molar-refractivity contribution in [3.05, 3.63) is 40.9 Å². The first-order valence-electron chi connectivity index (χ1n) is 4.96. The molecule has 2 nitrogen and oxygen atoms in total. The van der Waals surface area contributed by atoms with E-state index in [-0.39, 0.29) is 0 Å². The molecule has 0 spiro atoms. The van der Waals surface area contributed by atoms with Crippen molar-refractivity contribution in [2.45, 2.75) is 12.7 Å². The maximum Gasteiger partial charge on any atom is 0.123 e. The molecule has 0 bridgehead atoms. The fourth-order valence-electron chi connectivity index (χ4n) is 1.41. The van der Waals surface area contributed by atoms with E-state index in [9.17, 15) is 4.21 Å². The van der Waals surface area contributed by atoms with Crippen molar-refractivity contribution in [1.29, 1.82) is 0 Å². The SMILES string of the molecule is Cc1ccc(-c2nc(C[S@](C)=O)cs2)cc1. The van der Waals surface area contributed by atoms with Crippen LogP contribution in [0, 0.1) is 6.92 Å². The van der Waals surface area contributed by atoms with Crippen LogP contribution in [0.2, 0.25) is 0 Å². The first kappa shape index (κ1) is 11.5. The van der Waals surface area contributed by atoms with E-state index in [0.29, 0.717) is 5.75 Å². The third-order valence-electron chi connectivity index (χ3n) is 2.20. The van der Waals surface area contributed by atoms with Gasteiger partial charge in [0.05, 0.1) is 11.4 Å². The smallest absolute Gasteiger partial charge is 0.123 e. The van der Waals surface area contributed by atoms with E-state index >= 15 is 0 Å². The Kier molecular flexibility index (Phi) is 3.51. The van der Waals surface area contributed by atoms with Gasteiger partial charge in [0.15, 0.2) is 0 Å². The van der Waals surface area contributed by atoms with E-state index in [0.717, 1.165) is 16.3 Å². The highest BCUT2D eigenvalue weighted by Gasteiger charge is 2.05. The van der Waals surface area contributed by atoms with Gasteiger partial charge in [0, 0.05) is 28.0 Å². The molecule has 0 aliphatic carbocycles. The van der Waals surface area contributed by atoms with Crippen LogP contribution in [0.4, 0.5) is 0 Å². The van der Waals surface area contributed by atoms with Gasteiger partial charge in [-0.15, -0.1) is 11.3 Å². The molecule has 1 aromatic heterocycles. The Bertz CT molecular complexity index is 502. The number of thiazole rings is 1. The minimum absolute atomic E-state index is 0.544. The molecular weight excluding hydrogens is 238 g/mol. The van der Waals surface area contributed by atoms with Gasteiger partial charge in [0.1, 0.15) is 5.01 Å². The molecule has 0 N–H and O–H groups in total. The molecule has 0 aliphatic rings. The number of hydrogen-bond acceptors (Lipinski definition) is 3. The molecular formula is C12H13NOS2. The maximum absolute atomic E-state index is 11.1. The summed E-state index contributed by atoms with van der Waals surface area (Å²) in [5.41, 5.74) is 3.29. The molecule has 0 unspecified atom stereocenters. The van der Waals surface area contributed by atoms with Gasteiger partial charge in [-0.25, -0.2) is 4.98 Å². The van der Waals surface area contributed by atoms with Crippen LogP contribution in [0.25, 0.3) is 10.6 Å². The molecule has 0 amide bonds. The third kappa shape index (κ3) is 2.77. The zero-order valence-corrected chi connectivity index (χ0v) is 10.9. The lowest BCUT2D eigenvalue weighted by molar-refractivity contribution is 0.686. The first-order chi connectivity index (χ1) is 7.65. The molecule has 84 valence electrons. The zero-order valence-electron chi connectivity index (χ0n) is 9.27. The van der Waals surface area contributed by atoms with E-state index in [1.165, 1.54) is 5.56 Å². The van der Waals surface area contributed by atoms with Crippen LogP contribution < -0.4 is 0 Å². The molecule has 0 saturated heterocycles. The van der Waals surface area contributed by atoms with Crippen LogP contribution in [0.5, 0.6) is 0 Å². The minimum Gasteiger partial charge on any atom is -0.259 e. The van der Waals surface area contributed by atoms with Gasteiger partial charge in [-0.2, -0.15) is 0 Å². The lowest BCUT2D eigenvalue weighted by Crippen LogP contribution is -1.92. The van der Waals surface area contributed by atoms with Crippen molar-refractivity contribution in [3.63, 3.8) is 0 Å². The normalized spacial score (nSPS) is 12.6. The van der Waals surface area contributed by atoms with Crippen molar-refractivity contribution in [2.75, 3.05) is 6.26 Å². The van der Waals surface area contributed by atoms with Crippen LogP contribution in [-0.2, 0) is 16.6 Å². The van der Waals surface area contributed by atoms with Crippen molar-refractivity contribution in [2.24, 2.45) is 0 Å². The molecule has 2 aromatic rings. The van der Waals surface area contributed by atoms with E-state index < -0.39 is 10.8 Å². The Morgan fingerprint density at radius 3 is 2.62 bits per heavy atom. The van der Waals surface area contributed by atoms with Crippen LogP contribution in [-0.4, -0.2) is 15.4 Å². The van der Waals surface area contributed by atoms with Gasteiger partial charge in [-0.3, -0.25) is 4.21 Å². The summed E-state index contributed by atoms with van der Waals surface area (Å²) in [6, 6.07) is 8.30. The predicted octanol–water partition coefficient (Wildman–Crippen LogP) is 3.00. The predicted molar refractivity (Wildman–Crippen MR) is 70.1 cm³/mol. The molecule has 4 heteroatoms. The van der Waals surface area contributed by atoms with E-state index in [1.807, 2.05) is 5.38 Å². The third-order valence-corrected chi connectivity index (χ3v) is 3.84. The van der Waals surface area contributed by atoms with Gasteiger partial charge in [0.2, 0.25) is 0 Å². The van der Waals surface area contributed by atoms with Crippen LogP contribution >= 0.6 is 11.3 Å². The summed E-state index contributed by atoms with van der Waals surface area (Å²) in [7, 11) is -0.819. The highest BCUT2D eigenvalue weighted by Crippen LogP contribution is 2.24. The summed E-state index contributed by atoms with van der Waals surface area (Å²) in [4.78, 5) is 4.48. The van der Waals surface area contributed by atoms with Crippen LogP contribution in [0.1, 0.15) is 11.3 Å². The van der Waals surface area contributed by atoms with Crippen molar-refractivity contribution < 1.29 is 4.21 Å². The summed E-state index contributed by atoms with van der Waals surface area (Å²) in [5, 5.41) is 2.98. The second-order valence-electron chi connectivity index (χ2n) is 3.73. The number of hydrogen-bond donors (Lipinski definition) is 0. The van der Waals surface area contributed by atoms with Crippen LogP contribution in [0.3, 0.4) is 0 Å². The second kappa shape index (κ2) is 4.89. The van der Waals surface area contributed by atoms with Crippen molar-refractivity contribution in [1.82, 2.24) is 4.98 Å². The molecule has 0 radical (unpaired) electrons. The summed E-state index contributed by atoms with van der Waals surface area (Å²) >= 11 is 1.60. The summed E-state index contributed by atoms with van der Waals surface area (Å²) in [6.45, 7) is 2.07. The fourth-order valence-corrected chi connectivity index (χ4v) is 2.91. The lowest BCUT2D eigenvalue weighted by atomic mass is 10.2. The molecule has 2 rings (SSSR count). The van der Waals surface area contributed by atoms with Gasteiger partial charge in [-0.1, -0.05) is 29.8 Å². The van der Waals surface area contributed by atoms with Crippen molar-refractivity contribution in [3.8, 4) is 10.6 Å². The van der Waals surface area contributed by atoms with E-state index in [2.05, 4.69) is 36.2 Å². The summed E-state index contributed by atoms with van der Waals surface area (Å²) < 4.78 is 11.1. The highest BCUT2D eigenvalue weighted by atomic mass is 32.2. The Balaban J connectivity index is 2.24. The molecule has 1 atom stereocenters. The Morgan fingerprint density at radius 1 is 1.31 bits per heavy atom. The van der Waals surface area contributed by atoms with Gasteiger partial charge >= 0.3 is 0 Å². The van der Waals surface area contributed by atoms with Crippen LogP contribution in [0.15, 0.2) is 29.6 Å². The number of rotatable bonds is 3. The molecule has 0 saturated carbocycles. The van der Waals surface area contributed by atoms with Crippen molar-refractivity contribution >= 4 is 22.1 Å². The van der Waals surface area contributed by atoms with E-state index in [4.69, 9.17) is 0 Å². The Hall–Kier alpha value is -1.00. The summed E-state index contributed by atoms with van der Waals surface area (Å²) in [6.07, 6.45) is 1.70. The van der Waals surface area contributed by atoms with Gasteiger partial charge in [0.25, 0.3) is 0 Å². The lowest BCUT2D eigenvalue weighted by Gasteiger charge is -1.96. The van der Waals surface area contributed by atoms with Gasteiger partial charge < -0.3 is 0 Å². The quantitative estimate of drug-likeness (QED) is 0.839. The second-order valence-corrected chi connectivity index (χ2v) is 6.02. The molecule has 0 aliphatic heterocycles. The van der Waals surface area contributed by atoms with E-state index in [1.54, 1.807) is 17.6 Å². The molecule has 16 heavy (non-hydrogen) atoms. The topological polar surface area (TPSA) is 30.0 Å². The fraction of sp³-hybridized carbons (Fsp3) is 0.250. The zero-order chi connectivity index (χ0) is 11.5. The highest BCUT2D eigenvalue weighted by molar-refractivity contribution is 7.83. The number of nitrogens with zero attached hydrogens (tertiary/aromatic N) is 1. The van der Waals surface area contributed by atoms with Gasteiger partial charge in [-0.05, 0) is 6.92 Å². The molecule has 1 aromatic carbocycles. The number of aromatic nitrogens is 1. The summed E-state index contributed by atoms with van der Waals surface area (Å²) in [5.74, 6) is 0.544. The maximum atomic E-state index is 11.1. The average molecular weight is 251 g/mol. The number of benzene rings is 1. The first-order valence-corrected chi connectivity index (χ1v) is 7.57. The average Bonchev–Trinajstić information content (AvgIpc) is 2.66.